The fourth-order valence-corrected chi connectivity index (χ4v) is 5.64. The van der Waals surface area contributed by atoms with Gasteiger partial charge in [-0.1, -0.05) is 62.2 Å². The molecular weight excluding hydrogens is 700 g/mol. The van der Waals surface area contributed by atoms with Crippen molar-refractivity contribution in [2.24, 2.45) is 0 Å². The first-order valence-electron chi connectivity index (χ1n) is 16.6. The van der Waals surface area contributed by atoms with Crippen LogP contribution in [0.4, 0.5) is 0 Å². The van der Waals surface area contributed by atoms with Crippen molar-refractivity contribution in [3.63, 3.8) is 0 Å². The first kappa shape index (κ1) is 47.6. The van der Waals surface area contributed by atoms with E-state index in [9.17, 15) is 49.5 Å². The van der Waals surface area contributed by atoms with Crippen LogP contribution in [-0.2, 0) is 28.7 Å². The zero-order chi connectivity index (χ0) is 36.8. The van der Waals surface area contributed by atoms with Crippen molar-refractivity contribution in [1.29, 1.82) is 0 Å². The standard InChI is InChI=1S/C35H47N3O12.2Na/c1-3-4-13-26(41)38-29-28(37-21(2)39)31(50-35(32(29)45,34(47)48)49-19-10-6-9-14-27(42)43)30(44)25(40)20-36-33(46)24-17-15-23(16-18-24)22-11-7-5-8-12-22;;/h5,7-8,11-12,15-18,25,28-32,40,44-45H,3-4,6,9-10,13-14,19-20H2,1-2H3,(H,36,46)(H,37,39)(H,38,41)(H,42,43)(H,47,48);;/q;2*+1/p-2/t25-,28-,29-,30-,31-,32+,35-;;/m1../s1. The SMILES string of the molecule is CCCCC(=O)N[C@@H]1[C@@H](NC(C)=O)[C@H]([C@H](O)[C@H](O)CNC(=O)c2ccc(-c3ccccc3)cc2)O[C@@](OCCCCCC(=O)[O-])(C(=O)[O-])[C@H]1O.[Na+].[Na+]. The molecule has 15 nitrogen and oxygen atoms in total. The van der Waals surface area contributed by atoms with E-state index in [1.54, 1.807) is 24.3 Å². The molecule has 6 N–H and O–H groups in total. The van der Waals surface area contributed by atoms with Gasteiger partial charge < -0.3 is 60.5 Å². The van der Waals surface area contributed by atoms with Crippen LogP contribution in [0.15, 0.2) is 54.6 Å². The Morgan fingerprint density at radius 2 is 1.50 bits per heavy atom. The molecular formula is C35H45N3Na2O12. The molecule has 7 atom stereocenters. The number of carbonyl (C=O) groups is 5. The number of aliphatic hydroxyl groups is 3. The number of aliphatic carboxylic acids is 2. The van der Waals surface area contributed by atoms with Crippen LogP contribution in [0.25, 0.3) is 11.1 Å². The molecule has 0 aliphatic carbocycles. The van der Waals surface area contributed by atoms with Crippen molar-refractivity contribution in [2.45, 2.75) is 101 Å². The zero-order valence-corrected chi connectivity index (χ0v) is 34.0. The summed E-state index contributed by atoms with van der Waals surface area (Å²) in [6.07, 6.45) is -6.46. The van der Waals surface area contributed by atoms with Crippen LogP contribution >= 0.6 is 0 Å². The molecule has 1 heterocycles. The van der Waals surface area contributed by atoms with Gasteiger partial charge in [-0.05, 0) is 48.9 Å². The maximum atomic E-state index is 12.9. The Labute approximate surface area is 346 Å². The number of benzene rings is 2. The van der Waals surface area contributed by atoms with Crippen LogP contribution in [0, 0.1) is 0 Å². The number of aliphatic hydroxyl groups excluding tert-OH is 3. The van der Waals surface area contributed by atoms with Gasteiger partial charge in [0.1, 0.15) is 24.3 Å². The molecule has 2 aromatic carbocycles. The van der Waals surface area contributed by atoms with Crippen molar-refractivity contribution in [3.05, 3.63) is 60.2 Å². The van der Waals surface area contributed by atoms with Crippen LogP contribution in [0.3, 0.4) is 0 Å². The minimum atomic E-state index is -3.01. The molecule has 52 heavy (non-hydrogen) atoms. The Hall–Kier alpha value is -2.41. The first-order valence-corrected chi connectivity index (χ1v) is 16.6. The van der Waals surface area contributed by atoms with E-state index in [0.29, 0.717) is 12.8 Å². The molecule has 0 spiro atoms. The summed E-state index contributed by atoms with van der Waals surface area (Å²) in [5.41, 5.74) is 2.06. The monoisotopic (exact) mass is 745 g/mol. The second-order valence-electron chi connectivity index (χ2n) is 12.1. The van der Waals surface area contributed by atoms with Crippen LogP contribution in [0.5, 0.6) is 0 Å². The van der Waals surface area contributed by atoms with Crippen molar-refractivity contribution in [3.8, 4) is 11.1 Å². The van der Waals surface area contributed by atoms with E-state index in [2.05, 4.69) is 16.0 Å². The number of hydrogen-bond donors (Lipinski definition) is 6. The zero-order valence-electron chi connectivity index (χ0n) is 30.0. The molecule has 1 aliphatic rings. The predicted molar refractivity (Wildman–Crippen MR) is 173 cm³/mol. The normalized spacial score (nSPS) is 22.0. The van der Waals surface area contributed by atoms with Gasteiger partial charge in [-0.15, -0.1) is 0 Å². The Kier molecular flexibility index (Phi) is 21.4. The Morgan fingerprint density at radius 1 is 0.865 bits per heavy atom. The third-order valence-corrected chi connectivity index (χ3v) is 8.32. The van der Waals surface area contributed by atoms with E-state index in [4.69, 9.17) is 9.47 Å². The smallest absolute Gasteiger partial charge is 0.550 e. The van der Waals surface area contributed by atoms with Gasteiger partial charge in [0, 0.05) is 31.4 Å². The number of nitrogens with one attached hydrogen (secondary N) is 3. The van der Waals surface area contributed by atoms with Crippen LogP contribution in [-0.4, -0.2) is 100 Å². The van der Waals surface area contributed by atoms with E-state index >= 15 is 0 Å². The minimum absolute atomic E-state index is 0. The van der Waals surface area contributed by atoms with Crippen molar-refractivity contribution < 1.29 is 118 Å². The number of unbranched alkanes of at least 4 members (excludes halogenated alkanes) is 3. The fraction of sp³-hybridized carbons (Fsp3) is 0.514. The summed E-state index contributed by atoms with van der Waals surface area (Å²) in [6.45, 7) is 2.00. The summed E-state index contributed by atoms with van der Waals surface area (Å²) < 4.78 is 11.2. The molecule has 3 rings (SSSR count). The first-order chi connectivity index (χ1) is 23.8. The largest absolute Gasteiger partial charge is 1.00 e. The average Bonchev–Trinajstić information content (AvgIpc) is 3.09. The summed E-state index contributed by atoms with van der Waals surface area (Å²) in [5, 5.41) is 64.6. The van der Waals surface area contributed by atoms with Gasteiger partial charge >= 0.3 is 59.1 Å². The van der Waals surface area contributed by atoms with Gasteiger partial charge in [0.15, 0.2) is 0 Å². The average molecular weight is 746 g/mol. The van der Waals surface area contributed by atoms with Gasteiger partial charge in [0.05, 0.1) is 24.8 Å². The van der Waals surface area contributed by atoms with Gasteiger partial charge in [-0.25, -0.2) is 0 Å². The van der Waals surface area contributed by atoms with E-state index in [1.807, 2.05) is 37.3 Å². The van der Waals surface area contributed by atoms with E-state index in [0.717, 1.165) is 18.1 Å². The molecule has 0 radical (unpaired) electrons. The van der Waals surface area contributed by atoms with E-state index < -0.39 is 78.5 Å². The summed E-state index contributed by atoms with van der Waals surface area (Å²) in [4.78, 5) is 61.4. The number of carboxylic acid groups (broad SMARTS) is 2. The molecule has 17 heteroatoms. The molecule has 0 aromatic heterocycles. The number of ether oxygens (including phenoxy) is 2. The summed E-state index contributed by atoms with van der Waals surface area (Å²) in [5.74, 6) is -8.26. The molecule has 274 valence electrons. The molecule has 0 unspecified atom stereocenters. The fourth-order valence-electron chi connectivity index (χ4n) is 5.64. The minimum Gasteiger partial charge on any atom is -0.550 e. The van der Waals surface area contributed by atoms with Crippen LogP contribution < -0.4 is 85.3 Å². The van der Waals surface area contributed by atoms with Gasteiger partial charge in [-0.2, -0.15) is 0 Å². The molecule has 1 fully saturated rings. The molecule has 1 saturated heterocycles. The maximum absolute atomic E-state index is 12.9. The van der Waals surface area contributed by atoms with Crippen molar-refractivity contribution in [1.82, 2.24) is 16.0 Å². The molecule has 1 aliphatic heterocycles. The maximum Gasteiger partial charge on any atom is 1.00 e. The Balaban J connectivity index is 0.00000676. The number of carbonyl (C=O) groups excluding carboxylic acids is 5. The quantitative estimate of drug-likeness (QED) is 0.0580. The van der Waals surface area contributed by atoms with Gasteiger partial charge in [0.25, 0.3) is 5.91 Å². The second-order valence-corrected chi connectivity index (χ2v) is 12.1. The second kappa shape index (κ2) is 23.4. The van der Waals surface area contributed by atoms with E-state index in [-0.39, 0.29) is 103 Å². The van der Waals surface area contributed by atoms with Crippen molar-refractivity contribution >= 4 is 29.7 Å². The van der Waals surface area contributed by atoms with Crippen molar-refractivity contribution in [2.75, 3.05) is 13.2 Å². The Bertz CT molecular complexity index is 1450. The summed E-state index contributed by atoms with van der Waals surface area (Å²) in [6, 6.07) is 13.0. The topological polar surface area (TPSA) is 247 Å². The molecule has 0 bridgehead atoms. The number of carboxylic acids is 2. The van der Waals surface area contributed by atoms with Crippen LogP contribution in [0.2, 0.25) is 0 Å². The number of rotatable bonds is 19. The number of amides is 3. The predicted octanol–water partition coefficient (Wildman–Crippen LogP) is -7.47. The third kappa shape index (κ3) is 13.5. The summed E-state index contributed by atoms with van der Waals surface area (Å²) in [7, 11) is 0. The number of hydrogen-bond acceptors (Lipinski definition) is 12. The summed E-state index contributed by atoms with van der Waals surface area (Å²) >= 11 is 0. The molecule has 0 saturated carbocycles. The van der Waals surface area contributed by atoms with Gasteiger partial charge in [-0.3, -0.25) is 14.4 Å². The van der Waals surface area contributed by atoms with E-state index in [1.165, 1.54) is 0 Å². The molecule has 2 aromatic rings. The molecule has 3 amide bonds. The third-order valence-electron chi connectivity index (χ3n) is 8.32. The van der Waals surface area contributed by atoms with Gasteiger partial charge in [0.2, 0.25) is 17.6 Å². The Morgan fingerprint density at radius 3 is 2.08 bits per heavy atom. The van der Waals surface area contributed by atoms with Crippen LogP contribution in [0.1, 0.15) is 69.2 Å².